The number of hydrogen-bond donors (Lipinski definition) is 2. The van der Waals surface area contributed by atoms with E-state index in [9.17, 15) is 41.0 Å². The van der Waals surface area contributed by atoms with E-state index in [1.54, 1.807) is 36.4 Å². The first-order valence-corrected chi connectivity index (χ1v) is 9.93. The normalized spacial score (nSPS) is 14.6. The molecular formula is C23H19F6NO4. The van der Waals surface area contributed by atoms with E-state index in [2.05, 4.69) is 6.58 Å². The number of carbonyl (C=O) groups is 2. The molecule has 1 aliphatic rings. The van der Waals surface area contributed by atoms with Crippen LogP contribution in [-0.4, -0.2) is 42.2 Å². The Bertz CT molecular complexity index is 1040. The number of allylic oxidation sites excluding steroid dienone is 1. The van der Waals surface area contributed by atoms with Gasteiger partial charge in [-0.3, -0.25) is 0 Å². The third kappa shape index (κ3) is 4.22. The molecule has 2 aromatic rings. The number of fused-ring (bicyclic) bond motifs is 3. The second kappa shape index (κ2) is 9.03. The van der Waals surface area contributed by atoms with Gasteiger partial charge in [-0.05, 0) is 28.7 Å². The number of halogens is 6. The van der Waals surface area contributed by atoms with Gasteiger partial charge in [0.1, 0.15) is 6.61 Å². The quantitative estimate of drug-likeness (QED) is 0.390. The van der Waals surface area contributed by atoms with Gasteiger partial charge in [-0.1, -0.05) is 54.6 Å². The van der Waals surface area contributed by atoms with Crippen LogP contribution in [0.1, 0.15) is 23.5 Å². The molecule has 0 saturated heterocycles. The second-order valence-electron chi connectivity index (χ2n) is 7.70. The highest BCUT2D eigenvalue weighted by atomic mass is 19.4. The summed E-state index contributed by atoms with van der Waals surface area (Å²) < 4.78 is 86.9. The van der Waals surface area contributed by atoms with Crippen LogP contribution in [0.3, 0.4) is 0 Å². The SMILES string of the molecule is C=CCC([C@@H](NC(=O)OCC1c2ccccc2-c2ccccc21)C(=O)O)(C(F)(F)F)C(F)(F)F. The molecule has 11 heteroatoms. The number of benzene rings is 2. The van der Waals surface area contributed by atoms with Crippen LogP contribution in [0.4, 0.5) is 31.1 Å². The molecule has 3 rings (SSSR count). The molecule has 0 heterocycles. The Morgan fingerprint density at radius 1 is 0.971 bits per heavy atom. The fourth-order valence-electron chi connectivity index (χ4n) is 4.22. The van der Waals surface area contributed by atoms with Crippen molar-refractivity contribution in [1.82, 2.24) is 5.32 Å². The number of ether oxygens (including phenoxy) is 1. The van der Waals surface area contributed by atoms with E-state index < -0.39 is 54.8 Å². The summed E-state index contributed by atoms with van der Waals surface area (Å²) in [6.45, 7) is 2.46. The molecule has 0 bridgehead atoms. The standard InChI is InChI=1S/C23H19F6NO4/c1-2-11-21(22(24,25)26,23(27,28)29)18(19(31)32)30-20(33)34-12-17-15-9-5-3-7-13(15)14-8-4-6-10-16(14)17/h2-10,17-18H,1,11-12H2,(H,30,33)(H,31,32)/t18-/m0/s1. The minimum Gasteiger partial charge on any atom is -0.480 e. The van der Waals surface area contributed by atoms with Crippen molar-refractivity contribution in [3.8, 4) is 11.1 Å². The third-order valence-corrected chi connectivity index (χ3v) is 5.82. The summed E-state index contributed by atoms with van der Waals surface area (Å²) in [7, 11) is 0. The zero-order valence-corrected chi connectivity index (χ0v) is 17.4. The monoisotopic (exact) mass is 487 g/mol. The van der Waals surface area contributed by atoms with Crippen LogP contribution in [0.25, 0.3) is 11.1 Å². The lowest BCUT2D eigenvalue weighted by molar-refractivity contribution is -0.346. The van der Waals surface area contributed by atoms with Gasteiger partial charge in [-0.25, -0.2) is 9.59 Å². The number of alkyl halides is 6. The fourth-order valence-corrected chi connectivity index (χ4v) is 4.22. The molecule has 1 amide bonds. The Balaban J connectivity index is 1.86. The Hall–Kier alpha value is -3.50. The van der Waals surface area contributed by atoms with E-state index in [4.69, 9.17) is 4.74 Å². The van der Waals surface area contributed by atoms with Gasteiger partial charge in [0.05, 0.1) is 0 Å². The summed E-state index contributed by atoms with van der Waals surface area (Å²) >= 11 is 0. The van der Waals surface area contributed by atoms with E-state index >= 15 is 0 Å². The highest BCUT2D eigenvalue weighted by Crippen LogP contribution is 2.55. The van der Waals surface area contributed by atoms with Crippen molar-refractivity contribution in [2.45, 2.75) is 30.7 Å². The topological polar surface area (TPSA) is 75.6 Å². The molecule has 2 aromatic carbocycles. The van der Waals surface area contributed by atoms with Crippen LogP contribution < -0.4 is 5.32 Å². The number of amides is 1. The van der Waals surface area contributed by atoms with Gasteiger partial charge in [0, 0.05) is 5.92 Å². The summed E-state index contributed by atoms with van der Waals surface area (Å²) in [6.07, 6.45) is -15.4. The number of carboxylic acid groups (broad SMARTS) is 1. The molecule has 1 aliphatic carbocycles. The fraction of sp³-hybridized carbons (Fsp3) is 0.304. The lowest BCUT2D eigenvalue weighted by Crippen LogP contribution is -2.65. The average Bonchev–Trinajstić information content (AvgIpc) is 3.06. The number of nitrogens with one attached hydrogen (secondary N) is 1. The van der Waals surface area contributed by atoms with Crippen molar-refractivity contribution in [3.05, 3.63) is 72.3 Å². The van der Waals surface area contributed by atoms with Crippen LogP contribution >= 0.6 is 0 Å². The Morgan fingerprint density at radius 3 is 1.85 bits per heavy atom. The molecule has 34 heavy (non-hydrogen) atoms. The van der Waals surface area contributed by atoms with E-state index in [1.165, 1.54) is 5.32 Å². The van der Waals surface area contributed by atoms with Crippen LogP contribution in [0.5, 0.6) is 0 Å². The maximum Gasteiger partial charge on any atom is 0.407 e. The minimum atomic E-state index is -6.07. The first-order valence-electron chi connectivity index (χ1n) is 9.93. The molecule has 0 saturated carbocycles. The van der Waals surface area contributed by atoms with Crippen molar-refractivity contribution in [3.63, 3.8) is 0 Å². The molecule has 0 spiro atoms. The van der Waals surface area contributed by atoms with E-state index in [1.807, 2.05) is 12.1 Å². The van der Waals surface area contributed by atoms with Gasteiger partial charge in [-0.2, -0.15) is 26.3 Å². The minimum absolute atomic E-state index is 0.302. The first kappa shape index (κ1) is 25.1. The Labute approximate surface area is 190 Å². The number of rotatable bonds is 7. The maximum atomic E-state index is 13.7. The Kier molecular flexibility index (Phi) is 6.68. The van der Waals surface area contributed by atoms with Crippen LogP contribution in [0.15, 0.2) is 61.2 Å². The molecule has 5 nitrogen and oxygen atoms in total. The van der Waals surface area contributed by atoms with Gasteiger partial charge < -0.3 is 15.2 Å². The average molecular weight is 487 g/mol. The second-order valence-corrected chi connectivity index (χ2v) is 7.70. The molecule has 182 valence electrons. The van der Waals surface area contributed by atoms with Crippen molar-refractivity contribution < 1.29 is 45.8 Å². The summed E-state index contributed by atoms with van der Waals surface area (Å²) in [5, 5.41) is 10.5. The van der Waals surface area contributed by atoms with E-state index in [0.29, 0.717) is 6.08 Å². The number of carboxylic acids is 1. The van der Waals surface area contributed by atoms with Crippen molar-refractivity contribution >= 4 is 12.1 Å². The third-order valence-electron chi connectivity index (χ3n) is 5.82. The number of carbonyl (C=O) groups excluding carboxylic acids is 1. The van der Waals surface area contributed by atoms with Gasteiger partial charge in [-0.15, -0.1) is 6.58 Å². The maximum absolute atomic E-state index is 13.7. The zero-order valence-electron chi connectivity index (χ0n) is 17.4. The van der Waals surface area contributed by atoms with Gasteiger partial charge in [0.2, 0.25) is 0 Å². The molecule has 0 unspecified atom stereocenters. The Morgan fingerprint density at radius 2 is 1.44 bits per heavy atom. The summed E-state index contributed by atoms with van der Waals surface area (Å²) in [6, 6.07) is 10.8. The number of alkyl carbamates (subject to hydrolysis) is 1. The zero-order chi connectivity index (χ0) is 25.3. The molecule has 2 N–H and O–H groups in total. The van der Waals surface area contributed by atoms with Crippen molar-refractivity contribution in [2.75, 3.05) is 6.61 Å². The van der Waals surface area contributed by atoms with Crippen LogP contribution in [-0.2, 0) is 9.53 Å². The van der Waals surface area contributed by atoms with Crippen molar-refractivity contribution in [1.29, 1.82) is 0 Å². The van der Waals surface area contributed by atoms with E-state index in [-0.39, 0.29) is 0 Å². The largest absolute Gasteiger partial charge is 0.480 e. The predicted molar refractivity (Wildman–Crippen MR) is 109 cm³/mol. The van der Waals surface area contributed by atoms with Crippen LogP contribution in [0, 0.1) is 5.41 Å². The summed E-state index contributed by atoms with van der Waals surface area (Å²) in [5.41, 5.74) is -1.63. The number of aliphatic carboxylic acids is 1. The molecule has 0 aromatic heterocycles. The molecule has 1 atom stereocenters. The summed E-state index contributed by atoms with van der Waals surface area (Å²) in [5.74, 6) is -3.06. The molecular weight excluding hydrogens is 468 g/mol. The lowest BCUT2D eigenvalue weighted by atomic mass is 9.75. The predicted octanol–water partition coefficient (Wildman–Crippen LogP) is 5.67. The summed E-state index contributed by atoms with van der Waals surface area (Å²) in [4.78, 5) is 23.8. The smallest absolute Gasteiger partial charge is 0.407 e. The highest BCUT2D eigenvalue weighted by molar-refractivity contribution is 5.82. The van der Waals surface area contributed by atoms with Crippen molar-refractivity contribution in [2.24, 2.45) is 5.41 Å². The van der Waals surface area contributed by atoms with Gasteiger partial charge in [0.25, 0.3) is 0 Å². The molecule has 0 fully saturated rings. The highest BCUT2D eigenvalue weighted by Gasteiger charge is 2.75. The van der Waals surface area contributed by atoms with Gasteiger partial charge in [0.15, 0.2) is 11.5 Å². The van der Waals surface area contributed by atoms with Crippen LogP contribution in [0.2, 0.25) is 0 Å². The molecule has 0 radical (unpaired) electrons. The molecule has 0 aliphatic heterocycles. The number of hydrogen-bond acceptors (Lipinski definition) is 3. The van der Waals surface area contributed by atoms with E-state index in [0.717, 1.165) is 22.3 Å². The lowest BCUT2D eigenvalue weighted by Gasteiger charge is -2.40. The van der Waals surface area contributed by atoms with Gasteiger partial charge >= 0.3 is 24.4 Å². The first-order chi connectivity index (χ1) is 15.8.